The van der Waals surface area contributed by atoms with Crippen LogP contribution in [-0.2, 0) is 27.2 Å². The zero-order valence-electron chi connectivity index (χ0n) is 17.5. The molecule has 2 aromatic carbocycles. The van der Waals surface area contributed by atoms with Gasteiger partial charge < -0.3 is 41.2 Å². The number of methoxy groups -OCH3 is 1. The lowest BCUT2D eigenvalue weighted by Crippen LogP contribution is -2.50. The van der Waals surface area contributed by atoms with Gasteiger partial charge in [-0.1, -0.05) is 12.1 Å². The summed E-state index contributed by atoms with van der Waals surface area (Å²) in [4.78, 5) is 36.2. The van der Waals surface area contributed by atoms with Crippen molar-refractivity contribution in [1.82, 2.24) is 10.6 Å². The average molecular weight is 447 g/mol. The maximum absolute atomic E-state index is 12.6. The fraction of sp³-hybridized carbons (Fsp3) is 0.286. The third-order valence-electron chi connectivity index (χ3n) is 4.51. The van der Waals surface area contributed by atoms with Gasteiger partial charge in [0.1, 0.15) is 6.04 Å². The topological polar surface area (TPSA) is 180 Å². The number of amides is 2. The highest BCUT2D eigenvalue weighted by Crippen LogP contribution is 2.28. The van der Waals surface area contributed by atoms with Gasteiger partial charge in [0.05, 0.1) is 13.2 Å². The molecule has 0 aliphatic rings. The fourth-order valence-corrected chi connectivity index (χ4v) is 2.81. The molecular formula is C21H25N3O8. The summed E-state index contributed by atoms with van der Waals surface area (Å²) < 4.78 is 9.69. The van der Waals surface area contributed by atoms with Crippen LogP contribution < -0.4 is 21.1 Å². The van der Waals surface area contributed by atoms with Gasteiger partial charge in [-0.3, -0.25) is 4.79 Å². The average Bonchev–Trinajstić information content (AvgIpc) is 2.77. The molecule has 11 heteroatoms. The maximum Gasteiger partial charge on any atom is 0.412 e. The Balaban J connectivity index is 2.12. The normalized spacial score (nSPS) is 12.3. The summed E-state index contributed by atoms with van der Waals surface area (Å²) in [7, 11) is 2.52. The van der Waals surface area contributed by atoms with E-state index in [1.165, 1.54) is 43.4 Å². The molecule has 0 bridgehead atoms. The monoisotopic (exact) mass is 447 g/mol. The van der Waals surface area contributed by atoms with E-state index in [4.69, 9.17) is 15.2 Å². The molecule has 0 aliphatic heterocycles. The van der Waals surface area contributed by atoms with Crippen molar-refractivity contribution in [2.24, 2.45) is 5.73 Å². The zero-order chi connectivity index (χ0) is 23.8. The molecule has 0 heterocycles. The van der Waals surface area contributed by atoms with Gasteiger partial charge in [0.15, 0.2) is 23.0 Å². The third kappa shape index (κ3) is 6.51. The first kappa shape index (κ1) is 24.3. The summed E-state index contributed by atoms with van der Waals surface area (Å²) in [5, 5.41) is 33.6. The molecule has 0 aliphatic carbocycles. The number of benzene rings is 2. The number of carbonyl (C=O) groups is 3. The van der Waals surface area contributed by atoms with E-state index in [1.54, 1.807) is 0 Å². The highest BCUT2D eigenvalue weighted by atomic mass is 16.6. The minimum atomic E-state index is -1.11. The molecule has 2 atom stereocenters. The first-order valence-corrected chi connectivity index (χ1v) is 9.50. The molecule has 0 unspecified atom stereocenters. The predicted molar refractivity (Wildman–Crippen MR) is 112 cm³/mol. The van der Waals surface area contributed by atoms with E-state index in [2.05, 4.69) is 10.6 Å². The number of phenols is 3. The summed E-state index contributed by atoms with van der Waals surface area (Å²) in [6.45, 7) is 0. The molecule has 11 nitrogen and oxygen atoms in total. The van der Waals surface area contributed by atoms with Gasteiger partial charge in [0, 0.05) is 13.5 Å². The molecule has 7 N–H and O–H groups in total. The Morgan fingerprint density at radius 3 is 2.19 bits per heavy atom. The van der Waals surface area contributed by atoms with Crippen LogP contribution in [0.1, 0.15) is 11.1 Å². The number of rotatable bonds is 8. The Morgan fingerprint density at radius 2 is 1.59 bits per heavy atom. The van der Waals surface area contributed by atoms with Crippen LogP contribution >= 0.6 is 0 Å². The number of phenolic OH excluding ortho intramolecular Hbond substituents is 3. The minimum absolute atomic E-state index is 0.0322. The van der Waals surface area contributed by atoms with Crippen LogP contribution in [-0.4, -0.2) is 59.5 Å². The highest BCUT2D eigenvalue weighted by Gasteiger charge is 2.25. The zero-order valence-corrected chi connectivity index (χ0v) is 17.5. The smallest absolute Gasteiger partial charge is 0.412 e. The van der Waals surface area contributed by atoms with Crippen molar-refractivity contribution >= 4 is 18.0 Å². The molecule has 0 saturated carbocycles. The van der Waals surface area contributed by atoms with Crippen LogP contribution in [0.15, 0.2) is 36.4 Å². The maximum atomic E-state index is 12.6. The molecule has 0 saturated heterocycles. The van der Waals surface area contributed by atoms with E-state index >= 15 is 0 Å². The van der Waals surface area contributed by atoms with E-state index < -0.39 is 30.1 Å². The largest absolute Gasteiger partial charge is 0.504 e. The lowest BCUT2D eigenvalue weighted by molar-refractivity contribution is -0.145. The van der Waals surface area contributed by atoms with Crippen LogP contribution in [0, 0.1) is 0 Å². The van der Waals surface area contributed by atoms with E-state index in [9.17, 15) is 29.7 Å². The summed E-state index contributed by atoms with van der Waals surface area (Å²) in [6.07, 6.45) is -0.784. The quantitative estimate of drug-likeness (QED) is 0.245. The van der Waals surface area contributed by atoms with Crippen LogP contribution in [0.4, 0.5) is 4.79 Å². The second-order valence-electron chi connectivity index (χ2n) is 6.86. The van der Waals surface area contributed by atoms with Gasteiger partial charge in [-0.2, -0.15) is 0 Å². The summed E-state index contributed by atoms with van der Waals surface area (Å²) >= 11 is 0. The Hall–Kier alpha value is -3.99. The Kier molecular flexibility index (Phi) is 8.24. The van der Waals surface area contributed by atoms with Crippen LogP contribution in [0.5, 0.6) is 23.0 Å². The van der Waals surface area contributed by atoms with Crippen LogP contribution in [0.25, 0.3) is 0 Å². The van der Waals surface area contributed by atoms with Gasteiger partial charge >= 0.3 is 12.1 Å². The Labute approximate surface area is 183 Å². The van der Waals surface area contributed by atoms with Crippen molar-refractivity contribution in [3.05, 3.63) is 47.5 Å². The van der Waals surface area contributed by atoms with Gasteiger partial charge in [-0.25, -0.2) is 9.59 Å². The van der Waals surface area contributed by atoms with Crippen LogP contribution in [0.3, 0.4) is 0 Å². The minimum Gasteiger partial charge on any atom is -0.504 e. The molecule has 0 spiro atoms. The Morgan fingerprint density at radius 1 is 0.969 bits per heavy atom. The molecule has 0 radical (unpaired) electrons. The number of hydrogen-bond donors (Lipinski definition) is 6. The van der Waals surface area contributed by atoms with E-state index in [0.717, 1.165) is 7.11 Å². The second-order valence-corrected chi connectivity index (χ2v) is 6.86. The SMILES string of the molecule is CNC(=O)Oc1cc(C[C@@H](NC(=O)[C@H](N)Cc2ccc(O)c(O)c2)C(=O)OC)ccc1O. The van der Waals surface area contributed by atoms with Crippen molar-refractivity contribution in [2.75, 3.05) is 14.2 Å². The molecule has 0 aromatic heterocycles. The van der Waals surface area contributed by atoms with Crippen molar-refractivity contribution < 1.29 is 39.2 Å². The molecule has 2 amide bonds. The summed E-state index contributed by atoms with van der Waals surface area (Å²) in [5.74, 6) is -2.42. The number of ether oxygens (including phenoxy) is 2. The molecule has 0 fully saturated rings. The molecule has 32 heavy (non-hydrogen) atoms. The number of hydrogen-bond acceptors (Lipinski definition) is 9. The molecule has 172 valence electrons. The van der Waals surface area contributed by atoms with Crippen molar-refractivity contribution in [3.63, 3.8) is 0 Å². The number of nitrogens with one attached hydrogen (secondary N) is 2. The molecule has 2 aromatic rings. The number of nitrogens with two attached hydrogens (primary N) is 1. The lowest BCUT2D eigenvalue weighted by atomic mass is 10.0. The highest BCUT2D eigenvalue weighted by molar-refractivity contribution is 5.87. The standard InChI is InChI=1S/C21H25N3O8/c1-23-21(30)32-18-10-12(4-6-16(18)26)8-14(20(29)31-2)24-19(28)13(22)7-11-3-5-15(25)17(27)9-11/h3-6,9-10,13-14,25-27H,7-8,22H2,1-2H3,(H,23,30)(H,24,28)/t13-,14-/m1/s1. The molecule has 2 rings (SSSR count). The predicted octanol–water partition coefficient (Wildman–Crippen LogP) is 0.292. The van der Waals surface area contributed by atoms with Crippen molar-refractivity contribution in [1.29, 1.82) is 0 Å². The number of carbonyl (C=O) groups excluding carboxylic acids is 3. The first-order valence-electron chi connectivity index (χ1n) is 9.50. The van der Waals surface area contributed by atoms with Gasteiger partial charge in [0.25, 0.3) is 0 Å². The third-order valence-corrected chi connectivity index (χ3v) is 4.51. The summed E-state index contributed by atoms with van der Waals surface area (Å²) in [5.41, 5.74) is 6.90. The number of aromatic hydroxyl groups is 3. The fourth-order valence-electron chi connectivity index (χ4n) is 2.81. The van der Waals surface area contributed by atoms with Crippen LogP contribution in [0.2, 0.25) is 0 Å². The van der Waals surface area contributed by atoms with Gasteiger partial charge in [-0.05, 0) is 41.8 Å². The van der Waals surface area contributed by atoms with Crippen molar-refractivity contribution in [2.45, 2.75) is 24.9 Å². The summed E-state index contributed by atoms with van der Waals surface area (Å²) in [6, 6.07) is 6.03. The molecular weight excluding hydrogens is 422 g/mol. The first-order chi connectivity index (χ1) is 15.1. The van der Waals surface area contributed by atoms with Gasteiger partial charge in [0.2, 0.25) is 5.91 Å². The van der Waals surface area contributed by atoms with Gasteiger partial charge in [-0.15, -0.1) is 0 Å². The van der Waals surface area contributed by atoms with Crippen molar-refractivity contribution in [3.8, 4) is 23.0 Å². The second kappa shape index (κ2) is 10.9. The van der Waals surface area contributed by atoms with E-state index in [-0.39, 0.29) is 35.8 Å². The van der Waals surface area contributed by atoms with E-state index in [0.29, 0.717) is 11.1 Å². The number of esters is 1. The van der Waals surface area contributed by atoms with E-state index in [1.807, 2.05) is 0 Å². The Bertz CT molecular complexity index is 995. The lowest BCUT2D eigenvalue weighted by Gasteiger charge is -2.20.